The van der Waals surface area contributed by atoms with Crippen molar-refractivity contribution in [3.05, 3.63) is 0 Å². The van der Waals surface area contributed by atoms with Gasteiger partial charge >= 0.3 is 5.97 Å². The monoisotopic (exact) mass is 302 g/mol. The number of Topliss-reactive ketones (excluding diaryl/α,β-unsaturated/α-hetero) is 1. The Kier molecular flexibility index (Phi) is 2.44. The van der Waals surface area contributed by atoms with Crippen molar-refractivity contribution in [3.8, 4) is 0 Å². The highest BCUT2D eigenvalue weighted by molar-refractivity contribution is 5.85. The molecule has 0 aromatic carbocycles. The average Bonchev–Trinajstić information content (AvgIpc) is 2.73. The topological polar surface area (TPSA) is 43.4 Å². The molecule has 5 rings (SSSR count). The van der Waals surface area contributed by atoms with Crippen molar-refractivity contribution < 1.29 is 14.3 Å². The second kappa shape index (κ2) is 3.96. The Labute approximate surface area is 132 Å². The Morgan fingerprint density at radius 1 is 1.05 bits per heavy atom. The normalized spacial score (nSPS) is 56.1. The standard InChI is InChI=1S/C19H26O3/c1-17-6-2-7-19(11-22-16(17)21)14(17)5-8-18-9-12(13(20)10-18)3-4-15(18)19/h12,14-15H,2-11H2,1H3/t12-,14-,15-,17-,18+,19+/m1/s1. The lowest BCUT2D eigenvalue weighted by molar-refractivity contribution is -0.232. The van der Waals surface area contributed by atoms with E-state index in [0.717, 1.165) is 38.5 Å². The third kappa shape index (κ3) is 1.36. The summed E-state index contributed by atoms with van der Waals surface area (Å²) in [7, 11) is 0. The van der Waals surface area contributed by atoms with Crippen molar-refractivity contribution in [1.82, 2.24) is 0 Å². The van der Waals surface area contributed by atoms with E-state index in [4.69, 9.17) is 4.74 Å². The van der Waals surface area contributed by atoms with Gasteiger partial charge in [0.05, 0.1) is 12.0 Å². The first-order valence-electron chi connectivity index (χ1n) is 9.20. The van der Waals surface area contributed by atoms with Gasteiger partial charge in [0, 0.05) is 17.8 Å². The lowest BCUT2D eigenvalue weighted by Gasteiger charge is -2.66. The molecule has 1 heterocycles. The molecular formula is C19H26O3. The number of ether oxygens (including phenoxy) is 1. The van der Waals surface area contributed by atoms with Crippen molar-refractivity contribution in [2.75, 3.05) is 6.61 Å². The molecule has 6 atom stereocenters. The van der Waals surface area contributed by atoms with E-state index in [2.05, 4.69) is 6.92 Å². The van der Waals surface area contributed by atoms with Gasteiger partial charge in [0.2, 0.25) is 0 Å². The fraction of sp³-hybridized carbons (Fsp3) is 0.895. The summed E-state index contributed by atoms with van der Waals surface area (Å²) >= 11 is 0. The molecule has 5 aliphatic rings. The van der Waals surface area contributed by atoms with Crippen LogP contribution in [0, 0.1) is 34.0 Å². The number of carbonyl (C=O) groups is 2. The zero-order valence-electron chi connectivity index (χ0n) is 13.5. The van der Waals surface area contributed by atoms with E-state index in [-0.39, 0.29) is 22.2 Å². The molecular weight excluding hydrogens is 276 g/mol. The van der Waals surface area contributed by atoms with Crippen LogP contribution in [0.15, 0.2) is 0 Å². The quantitative estimate of drug-likeness (QED) is 0.643. The molecule has 120 valence electrons. The lowest BCUT2D eigenvalue weighted by atomic mass is 9.40. The summed E-state index contributed by atoms with van der Waals surface area (Å²) in [5.41, 5.74) is 0.199. The van der Waals surface area contributed by atoms with E-state index < -0.39 is 0 Å². The van der Waals surface area contributed by atoms with Gasteiger partial charge in [-0.25, -0.2) is 0 Å². The van der Waals surface area contributed by atoms with Crippen LogP contribution in [0.3, 0.4) is 0 Å². The first kappa shape index (κ1) is 13.6. The molecule has 1 spiro atoms. The highest BCUT2D eigenvalue weighted by atomic mass is 16.5. The molecule has 1 aliphatic heterocycles. The van der Waals surface area contributed by atoms with Crippen LogP contribution in [-0.4, -0.2) is 18.4 Å². The second-order valence-electron chi connectivity index (χ2n) is 9.21. The van der Waals surface area contributed by atoms with Crippen molar-refractivity contribution in [1.29, 1.82) is 0 Å². The summed E-state index contributed by atoms with van der Waals surface area (Å²) in [5, 5.41) is 0. The Morgan fingerprint density at radius 3 is 2.77 bits per heavy atom. The van der Waals surface area contributed by atoms with Crippen LogP contribution in [-0.2, 0) is 14.3 Å². The molecule has 0 aromatic heterocycles. The van der Waals surface area contributed by atoms with Crippen LogP contribution in [0.4, 0.5) is 0 Å². The third-order valence-electron chi connectivity index (χ3n) is 8.54. The first-order valence-corrected chi connectivity index (χ1v) is 9.20. The molecule has 0 aromatic rings. The Balaban J connectivity index is 1.61. The Hall–Kier alpha value is -0.860. The van der Waals surface area contributed by atoms with Crippen LogP contribution in [0.1, 0.15) is 64.7 Å². The number of hydrogen-bond acceptors (Lipinski definition) is 3. The third-order valence-corrected chi connectivity index (χ3v) is 8.54. The van der Waals surface area contributed by atoms with E-state index in [1.807, 2.05) is 0 Å². The zero-order valence-corrected chi connectivity index (χ0v) is 13.5. The van der Waals surface area contributed by atoms with Gasteiger partial charge in [-0.05, 0) is 69.1 Å². The van der Waals surface area contributed by atoms with E-state index in [9.17, 15) is 9.59 Å². The Morgan fingerprint density at radius 2 is 1.91 bits per heavy atom. The van der Waals surface area contributed by atoms with E-state index in [1.165, 1.54) is 19.3 Å². The number of esters is 1. The van der Waals surface area contributed by atoms with Crippen LogP contribution < -0.4 is 0 Å². The minimum absolute atomic E-state index is 0.0555. The summed E-state index contributed by atoms with van der Waals surface area (Å²) in [6.45, 7) is 2.80. The van der Waals surface area contributed by atoms with E-state index in [1.54, 1.807) is 0 Å². The van der Waals surface area contributed by atoms with Gasteiger partial charge in [-0.2, -0.15) is 0 Å². The molecule has 4 saturated carbocycles. The average molecular weight is 302 g/mol. The molecule has 5 fully saturated rings. The minimum atomic E-state index is -0.252. The fourth-order valence-electron chi connectivity index (χ4n) is 7.74. The molecule has 3 heteroatoms. The summed E-state index contributed by atoms with van der Waals surface area (Å²) in [4.78, 5) is 24.8. The minimum Gasteiger partial charge on any atom is -0.465 e. The number of hydrogen-bond donors (Lipinski definition) is 0. The molecule has 22 heavy (non-hydrogen) atoms. The largest absolute Gasteiger partial charge is 0.465 e. The van der Waals surface area contributed by atoms with Gasteiger partial charge in [0.15, 0.2) is 0 Å². The molecule has 0 unspecified atom stereocenters. The molecule has 0 radical (unpaired) electrons. The van der Waals surface area contributed by atoms with E-state index >= 15 is 0 Å². The van der Waals surface area contributed by atoms with Gasteiger partial charge in [-0.3, -0.25) is 9.59 Å². The van der Waals surface area contributed by atoms with Gasteiger partial charge < -0.3 is 4.74 Å². The van der Waals surface area contributed by atoms with Gasteiger partial charge in [-0.1, -0.05) is 6.42 Å². The first-order chi connectivity index (χ1) is 10.5. The van der Waals surface area contributed by atoms with Crippen LogP contribution in [0.25, 0.3) is 0 Å². The SMILES string of the molecule is C[C@]12CCC[C@@]3(COC1=O)[C@@H]1CC[C@@H]4C[C@@]1(CC[C@@H]32)CC4=O. The Bertz CT molecular complexity index is 569. The van der Waals surface area contributed by atoms with Crippen molar-refractivity contribution in [2.24, 2.45) is 34.0 Å². The predicted molar refractivity (Wildman–Crippen MR) is 81.0 cm³/mol. The maximum atomic E-state index is 12.5. The summed E-state index contributed by atoms with van der Waals surface area (Å²) in [5.74, 6) is 2.06. The summed E-state index contributed by atoms with van der Waals surface area (Å²) in [6.07, 6.45) is 9.93. The number of cyclic esters (lactones) is 1. The van der Waals surface area contributed by atoms with Gasteiger partial charge in [-0.15, -0.1) is 0 Å². The predicted octanol–water partition coefficient (Wildman–Crippen LogP) is 3.51. The second-order valence-corrected chi connectivity index (χ2v) is 9.21. The number of carbonyl (C=O) groups excluding carboxylic acids is 2. The highest BCUT2D eigenvalue weighted by Crippen LogP contribution is 2.72. The molecule has 0 N–H and O–H groups in total. The molecule has 4 aliphatic carbocycles. The van der Waals surface area contributed by atoms with Crippen LogP contribution in [0.5, 0.6) is 0 Å². The number of rotatable bonds is 0. The maximum Gasteiger partial charge on any atom is 0.312 e. The van der Waals surface area contributed by atoms with E-state index in [0.29, 0.717) is 30.1 Å². The zero-order chi connectivity index (χ0) is 15.2. The molecule has 3 nitrogen and oxygen atoms in total. The summed E-state index contributed by atoms with van der Waals surface area (Å²) < 4.78 is 5.76. The number of ketones is 1. The van der Waals surface area contributed by atoms with Gasteiger partial charge in [0.25, 0.3) is 0 Å². The van der Waals surface area contributed by atoms with Crippen molar-refractivity contribution >= 4 is 11.8 Å². The molecule has 1 saturated heterocycles. The van der Waals surface area contributed by atoms with Gasteiger partial charge in [0.1, 0.15) is 5.78 Å². The molecule has 4 bridgehead atoms. The summed E-state index contributed by atoms with van der Waals surface area (Å²) in [6, 6.07) is 0. The molecule has 0 amide bonds. The van der Waals surface area contributed by atoms with Crippen molar-refractivity contribution in [2.45, 2.75) is 64.7 Å². The smallest absolute Gasteiger partial charge is 0.312 e. The maximum absolute atomic E-state index is 12.5. The fourth-order valence-corrected chi connectivity index (χ4v) is 7.74. The number of fused-ring (bicyclic) bond motifs is 1. The highest BCUT2D eigenvalue weighted by Gasteiger charge is 2.69. The van der Waals surface area contributed by atoms with Crippen LogP contribution >= 0.6 is 0 Å². The van der Waals surface area contributed by atoms with Crippen LogP contribution in [0.2, 0.25) is 0 Å². The lowest BCUT2D eigenvalue weighted by Crippen LogP contribution is -2.64. The van der Waals surface area contributed by atoms with Crippen molar-refractivity contribution in [3.63, 3.8) is 0 Å².